The van der Waals surface area contributed by atoms with Crippen LogP contribution in [0.25, 0.3) is 0 Å². The molecule has 2 rings (SSSR count). The van der Waals surface area contributed by atoms with Gasteiger partial charge in [0, 0.05) is 26.7 Å². The Hall–Kier alpha value is -1.26. The van der Waals surface area contributed by atoms with E-state index in [0.29, 0.717) is 0 Å². The number of ether oxygens (including phenoxy) is 1. The number of nitrogens with zero attached hydrogens (tertiary/aromatic N) is 2. The molecule has 0 aromatic heterocycles. The monoisotopic (exact) mass is 309 g/mol. The van der Waals surface area contributed by atoms with Gasteiger partial charge in [-0.1, -0.05) is 19.8 Å². The lowest BCUT2D eigenvalue weighted by atomic mass is 9.83. The minimum atomic E-state index is -0.0704. The highest BCUT2D eigenvalue weighted by molar-refractivity contribution is 5.80. The van der Waals surface area contributed by atoms with Gasteiger partial charge in [-0.15, -0.1) is 0 Å². The van der Waals surface area contributed by atoms with Gasteiger partial charge in [0.1, 0.15) is 0 Å². The average molecular weight is 309 g/mol. The van der Waals surface area contributed by atoms with Crippen LogP contribution in [0.3, 0.4) is 0 Å². The molecule has 1 aliphatic heterocycles. The fourth-order valence-electron chi connectivity index (χ4n) is 3.59. The van der Waals surface area contributed by atoms with E-state index in [1.165, 1.54) is 32.8 Å². The van der Waals surface area contributed by atoms with Crippen molar-refractivity contribution in [2.24, 2.45) is 22.7 Å². The van der Waals surface area contributed by atoms with Crippen LogP contribution in [0.2, 0.25) is 0 Å². The lowest BCUT2D eigenvalue weighted by Crippen LogP contribution is -2.47. The van der Waals surface area contributed by atoms with Crippen LogP contribution in [0.15, 0.2) is 4.99 Å². The van der Waals surface area contributed by atoms with Crippen molar-refractivity contribution in [2.75, 3.05) is 33.8 Å². The summed E-state index contributed by atoms with van der Waals surface area (Å²) in [6, 6.07) is 0. The Balaban J connectivity index is 1.75. The van der Waals surface area contributed by atoms with Crippen LogP contribution < -0.4 is 5.32 Å². The number of methoxy groups -OCH3 is 1. The SMILES string of the molecule is CN=C(NCC1CCC(C)CC1)N1CCC(C(=O)OC)CC1. The van der Waals surface area contributed by atoms with Gasteiger partial charge in [0.05, 0.1) is 13.0 Å². The maximum atomic E-state index is 11.6. The van der Waals surface area contributed by atoms with Crippen LogP contribution >= 0.6 is 0 Å². The van der Waals surface area contributed by atoms with Gasteiger partial charge in [0.25, 0.3) is 0 Å². The van der Waals surface area contributed by atoms with E-state index in [1.807, 2.05) is 7.05 Å². The summed E-state index contributed by atoms with van der Waals surface area (Å²) in [6.07, 6.45) is 7.08. The molecule has 0 radical (unpaired) electrons. The molecule has 1 N–H and O–H groups in total. The predicted octanol–water partition coefficient (Wildman–Crippen LogP) is 2.27. The highest BCUT2D eigenvalue weighted by atomic mass is 16.5. The van der Waals surface area contributed by atoms with E-state index >= 15 is 0 Å². The van der Waals surface area contributed by atoms with E-state index in [2.05, 4.69) is 22.1 Å². The number of hydrogen-bond acceptors (Lipinski definition) is 3. The molecule has 1 heterocycles. The number of carbonyl (C=O) groups is 1. The molecule has 0 aromatic rings. The summed E-state index contributed by atoms with van der Waals surface area (Å²) in [7, 11) is 3.32. The normalized spacial score (nSPS) is 27.6. The van der Waals surface area contributed by atoms with E-state index in [9.17, 15) is 4.79 Å². The molecule has 1 aliphatic carbocycles. The lowest BCUT2D eigenvalue weighted by Gasteiger charge is -2.34. The van der Waals surface area contributed by atoms with Gasteiger partial charge in [-0.3, -0.25) is 9.79 Å². The van der Waals surface area contributed by atoms with Gasteiger partial charge in [-0.05, 0) is 37.5 Å². The predicted molar refractivity (Wildman–Crippen MR) is 88.8 cm³/mol. The number of hydrogen-bond donors (Lipinski definition) is 1. The van der Waals surface area contributed by atoms with E-state index in [1.54, 1.807) is 0 Å². The molecule has 126 valence electrons. The average Bonchev–Trinajstić information content (AvgIpc) is 2.57. The third-order valence-corrected chi connectivity index (χ3v) is 5.23. The number of rotatable bonds is 3. The van der Waals surface area contributed by atoms with Crippen molar-refractivity contribution in [3.63, 3.8) is 0 Å². The highest BCUT2D eigenvalue weighted by Crippen LogP contribution is 2.27. The molecular formula is C17H31N3O2. The molecule has 5 heteroatoms. The van der Waals surface area contributed by atoms with Crippen molar-refractivity contribution >= 4 is 11.9 Å². The van der Waals surface area contributed by atoms with E-state index in [0.717, 1.165) is 50.3 Å². The fourth-order valence-corrected chi connectivity index (χ4v) is 3.59. The molecule has 2 fully saturated rings. The first-order chi connectivity index (χ1) is 10.6. The Morgan fingerprint density at radius 2 is 1.82 bits per heavy atom. The van der Waals surface area contributed by atoms with Crippen LogP contribution in [0, 0.1) is 17.8 Å². The Labute approximate surface area is 134 Å². The molecule has 1 saturated carbocycles. The summed E-state index contributed by atoms with van der Waals surface area (Å²) in [5, 5.41) is 3.54. The van der Waals surface area contributed by atoms with Crippen molar-refractivity contribution < 1.29 is 9.53 Å². The Kier molecular flexibility index (Phi) is 6.52. The van der Waals surface area contributed by atoms with Gasteiger partial charge in [0.2, 0.25) is 0 Å². The lowest BCUT2D eigenvalue weighted by molar-refractivity contribution is -0.146. The maximum absolute atomic E-state index is 11.6. The smallest absolute Gasteiger partial charge is 0.308 e. The van der Waals surface area contributed by atoms with Crippen molar-refractivity contribution in [3.05, 3.63) is 0 Å². The summed E-state index contributed by atoms with van der Waals surface area (Å²) in [6.45, 7) is 5.13. The van der Waals surface area contributed by atoms with E-state index in [4.69, 9.17) is 4.74 Å². The number of guanidine groups is 1. The third-order valence-electron chi connectivity index (χ3n) is 5.23. The molecule has 0 aromatic carbocycles. The Morgan fingerprint density at radius 1 is 1.18 bits per heavy atom. The number of likely N-dealkylation sites (tertiary alicyclic amines) is 1. The molecular weight excluding hydrogens is 278 g/mol. The second-order valence-electron chi connectivity index (χ2n) is 6.84. The maximum Gasteiger partial charge on any atom is 0.308 e. The van der Waals surface area contributed by atoms with Gasteiger partial charge in [-0.2, -0.15) is 0 Å². The number of aliphatic imine (C=N–C) groups is 1. The first-order valence-corrected chi connectivity index (χ1v) is 8.67. The largest absolute Gasteiger partial charge is 0.469 e. The van der Waals surface area contributed by atoms with Crippen LogP contribution in [-0.2, 0) is 9.53 Å². The fraction of sp³-hybridized carbons (Fsp3) is 0.882. The van der Waals surface area contributed by atoms with E-state index in [-0.39, 0.29) is 11.9 Å². The van der Waals surface area contributed by atoms with Crippen molar-refractivity contribution in [1.29, 1.82) is 0 Å². The third kappa shape index (κ3) is 4.62. The van der Waals surface area contributed by atoms with Gasteiger partial charge < -0.3 is 15.0 Å². The molecule has 2 aliphatic rings. The van der Waals surface area contributed by atoms with Crippen LogP contribution in [0.1, 0.15) is 45.4 Å². The van der Waals surface area contributed by atoms with Crippen LogP contribution in [-0.4, -0.2) is 50.6 Å². The van der Waals surface area contributed by atoms with Crippen molar-refractivity contribution in [3.8, 4) is 0 Å². The molecule has 0 atom stereocenters. The second-order valence-corrected chi connectivity index (χ2v) is 6.84. The van der Waals surface area contributed by atoms with Crippen molar-refractivity contribution in [1.82, 2.24) is 10.2 Å². The number of carbonyl (C=O) groups excluding carboxylic acids is 1. The summed E-state index contributed by atoms with van der Waals surface area (Å²) >= 11 is 0. The quantitative estimate of drug-likeness (QED) is 0.494. The highest BCUT2D eigenvalue weighted by Gasteiger charge is 2.27. The molecule has 22 heavy (non-hydrogen) atoms. The molecule has 0 amide bonds. The van der Waals surface area contributed by atoms with Gasteiger partial charge >= 0.3 is 5.97 Å². The first kappa shape index (κ1) is 17.1. The number of piperidine rings is 1. The summed E-state index contributed by atoms with van der Waals surface area (Å²) in [5.41, 5.74) is 0. The zero-order chi connectivity index (χ0) is 15.9. The Bertz CT molecular complexity index is 381. The summed E-state index contributed by atoms with van der Waals surface area (Å²) in [5.74, 6) is 2.65. The van der Waals surface area contributed by atoms with Gasteiger partial charge in [0.15, 0.2) is 5.96 Å². The van der Waals surface area contributed by atoms with Crippen LogP contribution in [0.5, 0.6) is 0 Å². The Morgan fingerprint density at radius 3 is 2.36 bits per heavy atom. The molecule has 1 saturated heterocycles. The first-order valence-electron chi connectivity index (χ1n) is 8.67. The molecule has 5 nitrogen and oxygen atoms in total. The molecule has 0 bridgehead atoms. The topological polar surface area (TPSA) is 53.9 Å². The minimum absolute atomic E-state index is 0.0548. The van der Waals surface area contributed by atoms with E-state index < -0.39 is 0 Å². The molecule has 0 unspecified atom stereocenters. The number of esters is 1. The number of nitrogens with one attached hydrogen (secondary N) is 1. The molecule has 0 spiro atoms. The second kappa shape index (κ2) is 8.39. The summed E-state index contributed by atoms with van der Waals surface area (Å²) < 4.78 is 4.84. The standard InChI is InChI=1S/C17H31N3O2/c1-13-4-6-14(7-5-13)12-19-17(18-2)20-10-8-15(9-11-20)16(21)22-3/h13-15H,4-12H2,1-3H3,(H,18,19). The van der Waals surface area contributed by atoms with Crippen molar-refractivity contribution in [2.45, 2.75) is 45.4 Å². The zero-order valence-corrected chi connectivity index (χ0v) is 14.3. The summed E-state index contributed by atoms with van der Waals surface area (Å²) in [4.78, 5) is 18.3. The minimum Gasteiger partial charge on any atom is -0.469 e. The van der Waals surface area contributed by atoms with Crippen LogP contribution in [0.4, 0.5) is 0 Å². The van der Waals surface area contributed by atoms with Gasteiger partial charge in [-0.25, -0.2) is 0 Å². The zero-order valence-electron chi connectivity index (χ0n) is 14.3.